The van der Waals surface area contributed by atoms with Crippen LogP contribution in [0, 0.1) is 0 Å². The number of ether oxygens (including phenoxy) is 2. The Kier molecular flexibility index (Phi) is 17.1. The van der Waals surface area contributed by atoms with E-state index < -0.39 is 12.1 Å². The maximum Gasteiger partial charge on any atom is 0.407 e. The van der Waals surface area contributed by atoms with Gasteiger partial charge in [-0.05, 0) is 12.8 Å². The van der Waals surface area contributed by atoms with Crippen LogP contribution in [0.1, 0.15) is 90.9 Å². The number of unbranched alkanes of at least 4 members (excludes halogenated alkanes) is 10. The summed E-state index contributed by atoms with van der Waals surface area (Å²) in [6, 6.07) is 0. The normalized spacial score (nSPS) is 10.4. The fourth-order valence-electron chi connectivity index (χ4n) is 2.33. The van der Waals surface area contributed by atoms with Crippen LogP contribution in [0.3, 0.4) is 0 Å². The molecule has 0 saturated heterocycles. The molecule has 24 heavy (non-hydrogen) atoms. The van der Waals surface area contributed by atoms with Crippen molar-refractivity contribution in [2.75, 3.05) is 19.8 Å². The molecule has 0 radical (unpaired) electrons. The summed E-state index contributed by atoms with van der Waals surface area (Å²) in [6.45, 7) is 4.95. The van der Waals surface area contributed by atoms with Crippen LogP contribution in [0.15, 0.2) is 0 Å². The number of rotatable bonds is 16. The van der Waals surface area contributed by atoms with E-state index in [9.17, 15) is 9.59 Å². The number of hydrogen-bond acceptors (Lipinski definition) is 4. The molecule has 1 N–H and O–H groups in total. The van der Waals surface area contributed by atoms with Crippen molar-refractivity contribution in [1.82, 2.24) is 5.32 Å². The van der Waals surface area contributed by atoms with Crippen molar-refractivity contribution in [1.29, 1.82) is 0 Å². The summed E-state index contributed by atoms with van der Waals surface area (Å²) in [5.74, 6) is -0.404. The fraction of sp³-hybridized carbons (Fsp3) is 0.895. The molecule has 0 saturated carbocycles. The van der Waals surface area contributed by atoms with E-state index in [0.29, 0.717) is 13.2 Å². The molecular weight excluding hydrogens is 306 g/mol. The molecule has 0 aromatic rings. The van der Waals surface area contributed by atoms with Crippen LogP contribution >= 0.6 is 0 Å². The van der Waals surface area contributed by atoms with Crippen molar-refractivity contribution in [2.24, 2.45) is 0 Å². The minimum absolute atomic E-state index is 0.122. The van der Waals surface area contributed by atoms with Gasteiger partial charge in [-0.15, -0.1) is 0 Å². The third-order valence-electron chi connectivity index (χ3n) is 3.87. The highest BCUT2D eigenvalue weighted by atomic mass is 16.6. The van der Waals surface area contributed by atoms with Gasteiger partial charge < -0.3 is 14.8 Å². The van der Waals surface area contributed by atoms with Gasteiger partial charge in [0.05, 0.1) is 13.2 Å². The van der Waals surface area contributed by atoms with Crippen molar-refractivity contribution in [3.05, 3.63) is 0 Å². The Morgan fingerprint density at radius 1 is 0.667 bits per heavy atom. The predicted octanol–water partition coefficient (Wildman–Crippen LogP) is 4.98. The molecule has 0 aliphatic carbocycles. The highest BCUT2D eigenvalue weighted by Gasteiger charge is 2.06. The lowest BCUT2D eigenvalue weighted by molar-refractivity contribution is -0.142. The molecule has 0 fully saturated rings. The quantitative estimate of drug-likeness (QED) is 0.317. The van der Waals surface area contributed by atoms with Gasteiger partial charge >= 0.3 is 12.1 Å². The lowest BCUT2D eigenvalue weighted by Crippen LogP contribution is -2.31. The first-order valence-electron chi connectivity index (χ1n) is 9.77. The van der Waals surface area contributed by atoms with Gasteiger partial charge in [-0.2, -0.15) is 0 Å². The Balaban J connectivity index is 3.27. The van der Waals surface area contributed by atoms with Gasteiger partial charge in [0, 0.05) is 0 Å². The molecular formula is C19H37NO4. The summed E-state index contributed by atoms with van der Waals surface area (Å²) < 4.78 is 9.97. The Morgan fingerprint density at radius 2 is 1.17 bits per heavy atom. The molecule has 0 aliphatic heterocycles. The van der Waals surface area contributed by atoms with Crippen molar-refractivity contribution >= 4 is 12.1 Å². The maximum atomic E-state index is 11.4. The van der Waals surface area contributed by atoms with Gasteiger partial charge in [-0.25, -0.2) is 4.79 Å². The van der Waals surface area contributed by atoms with E-state index in [4.69, 9.17) is 9.47 Å². The summed E-state index contributed by atoms with van der Waals surface area (Å²) in [7, 11) is 0. The van der Waals surface area contributed by atoms with Crippen LogP contribution in [0.25, 0.3) is 0 Å². The third-order valence-corrected chi connectivity index (χ3v) is 3.87. The molecule has 5 heteroatoms. The molecule has 0 aliphatic rings. The highest BCUT2D eigenvalue weighted by molar-refractivity contribution is 5.77. The minimum atomic E-state index is -0.556. The topological polar surface area (TPSA) is 64.6 Å². The fourth-order valence-corrected chi connectivity index (χ4v) is 2.33. The van der Waals surface area contributed by atoms with E-state index in [-0.39, 0.29) is 6.54 Å². The number of amides is 1. The number of carbonyl (C=O) groups is 2. The molecule has 0 atom stereocenters. The predicted molar refractivity (Wildman–Crippen MR) is 97.1 cm³/mol. The second kappa shape index (κ2) is 18.1. The Bertz CT molecular complexity index is 308. The van der Waals surface area contributed by atoms with Crippen molar-refractivity contribution in [2.45, 2.75) is 90.9 Å². The minimum Gasteiger partial charge on any atom is -0.464 e. The lowest BCUT2D eigenvalue weighted by Gasteiger charge is -2.07. The molecule has 1 amide bonds. The number of hydrogen-bond donors (Lipinski definition) is 1. The average Bonchev–Trinajstić information content (AvgIpc) is 2.58. The van der Waals surface area contributed by atoms with E-state index in [1.807, 2.05) is 6.92 Å². The zero-order chi connectivity index (χ0) is 17.9. The van der Waals surface area contributed by atoms with Crippen LogP contribution in [0.2, 0.25) is 0 Å². The van der Waals surface area contributed by atoms with Gasteiger partial charge in [0.2, 0.25) is 0 Å². The summed E-state index contributed by atoms with van der Waals surface area (Å²) >= 11 is 0. The molecule has 0 unspecified atom stereocenters. The molecule has 0 heterocycles. The number of esters is 1. The van der Waals surface area contributed by atoms with Crippen LogP contribution in [0.4, 0.5) is 4.79 Å². The maximum absolute atomic E-state index is 11.4. The number of alkyl carbamates (subject to hydrolysis) is 1. The van der Waals surface area contributed by atoms with Gasteiger partial charge in [-0.3, -0.25) is 4.79 Å². The molecule has 0 spiro atoms. The number of nitrogens with one attached hydrogen (secondary N) is 1. The summed E-state index contributed by atoms with van der Waals surface area (Å²) in [5.41, 5.74) is 0. The molecule has 0 aromatic heterocycles. The first kappa shape index (κ1) is 22.7. The lowest BCUT2D eigenvalue weighted by atomic mass is 10.1. The zero-order valence-electron chi connectivity index (χ0n) is 15.7. The van der Waals surface area contributed by atoms with E-state index >= 15 is 0 Å². The van der Waals surface area contributed by atoms with E-state index in [1.165, 1.54) is 51.4 Å². The van der Waals surface area contributed by atoms with Crippen LogP contribution in [-0.4, -0.2) is 31.8 Å². The van der Waals surface area contributed by atoms with E-state index in [0.717, 1.165) is 25.7 Å². The van der Waals surface area contributed by atoms with Crippen molar-refractivity contribution in [3.63, 3.8) is 0 Å². The van der Waals surface area contributed by atoms with Crippen LogP contribution < -0.4 is 5.32 Å². The Labute approximate surface area is 147 Å². The summed E-state index contributed by atoms with van der Waals surface area (Å²) in [6.07, 6.45) is 13.7. The van der Waals surface area contributed by atoms with Gasteiger partial charge in [-0.1, -0.05) is 78.1 Å². The van der Waals surface area contributed by atoms with Crippen LogP contribution in [0.5, 0.6) is 0 Å². The molecule has 142 valence electrons. The van der Waals surface area contributed by atoms with Gasteiger partial charge in [0.15, 0.2) is 0 Å². The third kappa shape index (κ3) is 17.1. The molecule has 0 aromatic carbocycles. The molecule has 0 rings (SSSR count). The Morgan fingerprint density at radius 3 is 1.75 bits per heavy atom. The largest absolute Gasteiger partial charge is 0.464 e. The van der Waals surface area contributed by atoms with Gasteiger partial charge in [0.25, 0.3) is 0 Å². The average molecular weight is 344 g/mol. The standard InChI is InChI=1S/C19H37NO4/c1-3-5-7-8-9-10-11-12-13-14-16-23-18(21)17-20-19(22)24-15-6-4-2/h3-17H2,1-2H3,(H,20,22). The van der Waals surface area contributed by atoms with E-state index in [1.54, 1.807) is 0 Å². The zero-order valence-corrected chi connectivity index (χ0v) is 15.7. The van der Waals surface area contributed by atoms with E-state index in [2.05, 4.69) is 12.2 Å². The number of carbonyl (C=O) groups excluding carboxylic acids is 2. The van der Waals surface area contributed by atoms with Gasteiger partial charge in [0.1, 0.15) is 6.54 Å². The van der Waals surface area contributed by atoms with Crippen molar-refractivity contribution < 1.29 is 19.1 Å². The van der Waals surface area contributed by atoms with Crippen molar-refractivity contribution in [3.8, 4) is 0 Å². The SMILES string of the molecule is CCCCCCCCCCCCOC(=O)CNC(=O)OCCCC. The second-order valence-corrected chi connectivity index (χ2v) is 6.25. The summed E-state index contributed by atoms with van der Waals surface area (Å²) in [5, 5.41) is 2.40. The summed E-state index contributed by atoms with van der Waals surface area (Å²) in [4.78, 5) is 22.7. The first-order chi connectivity index (χ1) is 11.7. The second-order valence-electron chi connectivity index (χ2n) is 6.25. The highest BCUT2D eigenvalue weighted by Crippen LogP contribution is 2.10. The molecule has 5 nitrogen and oxygen atoms in total. The smallest absolute Gasteiger partial charge is 0.407 e. The van der Waals surface area contributed by atoms with Crippen LogP contribution in [-0.2, 0) is 14.3 Å². The Hall–Kier alpha value is -1.26. The first-order valence-corrected chi connectivity index (χ1v) is 9.77. The molecule has 0 bridgehead atoms. The monoisotopic (exact) mass is 343 g/mol.